The first-order valence-corrected chi connectivity index (χ1v) is 19.2. The van der Waals surface area contributed by atoms with Crippen molar-refractivity contribution in [3.05, 3.63) is 212 Å². The van der Waals surface area contributed by atoms with Crippen LogP contribution in [0.4, 0.5) is 17.1 Å². The van der Waals surface area contributed by atoms with Crippen molar-refractivity contribution in [2.45, 2.75) is 0 Å². The zero-order chi connectivity index (χ0) is 35.8. The topological polar surface area (TPSA) is 3.24 Å². The predicted molar refractivity (Wildman–Crippen MR) is 233 cm³/mol. The summed E-state index contributed by atoms with van der Waals surface area (Å²) in [4.78, 5) is 2.40. The lowest BCUT2D eigenvalue weighted by Crippen LogP contribution is -2.11. The molecule has 1 aromatic heterocycles. The number of hydrogen-bond donors (Lipinski definition) is 0. The minimum Gasteiger partial charge on any atom is -0.310 e. The van der Waals surface area contributed by atoms with E-state index in [-0.39, 0.29) is 0 Å². The zero-order valence-corrected chi connectivity index (χ0v) is 30.4. The molecule has 0 saturated carbocycles. The maximum absolute atomic E-state index is 2.40. The number of hydrogen-bond acceptors (Lipinski definition) is 2. The molecule has 0 aliphatic heterocycles. The van der Waals surface area contributed by atoms with E-state index in [1.807, 2.05) is 11.3 Å². The van der Waals surface area contributed by atoms with Crippen molar-refractivity contribution >= 4 is 59.3 Å². The molecule has 0 spiro atoms. The third kappa shape index (κ3) is 5.84. The highest BCUT2D eigenvalue weighted by atomic mass is 32.1. The van der Waals surface area contributed by atoms with E-state index < -0.39 is 0 Å². The van der Waals surface area contributed by atoms with Crippen molar-refractivity contribution in [3.8, 4) is 44.5 Å². The summed E-state index contributed by atoms with van der Waals surface area (Å²) in [5, 5.41) is 5.11. The third-order valence-corrected chi connectivity index (χ3v) is 11.6. The lowest BCUT2D eigenvalue weighted by atomic mass is 9.93. The Bertz CT molecular complexity index is 2920. The Morgan fingerprint density at radius 3 is 1.59 bits per heavy atom. The number of benzene rings is 9. The van der Waals surface area contributed by atoms with Crippen LogP contribution in [0, 0.1) is 0 Å². The summed E-state index contributed by atoms with van der Waals surface area (Å²) in [5.74, 6) is 0. The van der Waals surface area contributed by atoms with Crippen LogP contribution in [0.25, 0.3) is 75.5 Å². The average Bonchev–Trinajstić information content (AvgIpc) is 3.63. The molecule has 0 aliphatic rings. The number of para-hydroxylation sites is 1. The maximum atomic E-state index is 2.40. The van der Waals surface area contributed by atoms with Gasteiger partial charge in [0.2, 0.25) is 0 Å². The van der Waals surface area contributed by atoms with Crippen LogP contribution in [0.2, 0.25) is 0 Å². The van der Waals surface area contributed by atoms with Crippen molar-refractivity contribution in [2.24, 2.45) is 0 Å². The molecule has 0 atom stereocenters. The van der Waals surface area contributed by atoms with Crippen molar-refractivity contribution < 1.29 is 0 Å². The molecular formula is C52H35NS. The van der Waals surface area contributed by atoms with E-state index in [0.717, 1.165) is 17.1 Å². The largest absolute Gasteiger partial charge is 0.310 e. The Morgan fingerprint density at radius 2 is 0.815 bits per heavy atom. The molecule has 0 unspecified atom stereocenters. The smallest absolute Gasteiger partial charge is 0.0540 e. The van der Waals surface area contributed by atoms with Gasteiger partial charge in [0, 0.05) is 37.1 Å². The number of nitrogens with zero attached hydrogens (tertiary/aromatic N) is 1. The predicted octanol–water partition coefficient (Wildman–Crippen LogP) is 15.3. The molecule has 254 valence electrons. The summed E-state index contributed by atoms with van der Waals surface area (Å²) in [6.07, 6.45) is 0. The molecule has 0 saturated heterocycles. The van der Waals surface area contributed by atoms with Gasteiger partial charge >= 0.3 is 0 Å². The Morgan fingerprint density at radius 1 is 0.296 bits per heavy atom. The number of thiophene rings is 1. The molecule has 9 aromatic carbocycles. The monoisotopic (exact) mass is 705 g/mol. The summed E-state index contributed by atoms with van der Waals surface area (Å²) >= 11 is 1.86. The molecule has 1 heterocycles. The summed E-state index contributed by atoms with van der Waals surface area (Å²) in [7, 11) is 0. The quantitative estimate of drug-likeness (QED) is 0.160. The molecule has 0 aliphatic carbocycles. The van der Waals surface area contributed by atoms with Crippen molar-refractivity contribution in [1.82, 2.24) is 0 Å². The van der Waals surface area contributed by atoms with Crippen LogP contribution < -0.4 is 4.90 Å². The molecule has 1 nitrogen and oxygen atoms in total. The van der Waals surface area contributed by atoms with E-state index >= 15 is 0 Å². The minimum absolute atomic E-state index is 1.10. The Labute approximate surface area is 319 Å². The van der Waals surface area contributed by atoms with Gasteiger partial charge in [-0.2, -0.15) is 0 Å². The fraction of sp³-hybridized carbons (Fsp3) is 0. The van der Waals surface area contributed by atoms with Gasteiger partial charge < -0.3 is 4.90 Å². The second-order valence-electron chi connectivity index (χ2n) is 13.7. The van der Waals surface area contributed by atoms with Gasteiger partial charge in [-0.3, -0.25) is 0 Å². The van der Waals surface area contributed by atoms with E-state index in [0.29, 0.717) is 0 Å². The van der Waals surface area contributed by atoms with Crippen molar-refractivity contribution in [3.63, 3.8) is 0 Å². The van der Waals surface area contributed by atoms with Gasteiger partial charge in [-0.25, -0.2) is 0 Å². The zero-order valence-electron chi connectivity index (χ0n) is 29.6. The van der Waals surface area contributed by atoms with Gasteiger partial charge in [0.15, 0.2) is 0 Å². The Balaban J connectivity index is 1.09. The normalized spacial score (nSPS) is 11.3. The van der Waals surface area contributed by atoms with E-state index in [1.165, 1.54) is 75.5 Å². The van der Waals surface area contributed by atoms with Gasteiger partial charge in [0.25, 0.3) is 0 Å². The number of anilines is 3. The number of rotatable bonds is 7. The molecule has 0 bridgehead atoms. The van der Waals surface area contributed by atoms with Crippen LogP contribution in [-0.4, -0.2) is 0 Å². The molecule has 10 aromatic rings. The lowest BCUT2D eigenvalue weighted by molar-refractivity contribution is 1.28. The van der Waals surface area contributed by atoms with Crippen LogP contribution in [0.3, 0.4) is 0 Å². The fourth-order valence-corrected chi connectivity index (χ4v) is 8.89. The average molecular weight is 706 g/mol. The van der Waals surface area contributed by atoms with Crippen LogP contribution in [0.15, 0.2) is 212 Å². The molecule has 0 fully saturated rings. The highest BCUT2D eigenvalue weighted by Crippen LogP contribution is 2.44. The van der Waals surface area contributed by atoms with Gasteiger partial charge in [-0.1, -0.05) is 158 Å². The van der Waals surface area contributed by atoms with E-state index in [4.69, 9.17) is 0 Å². The van der Waals surface area contributed by atoms with E-state index in [1.54, 1.807) is 0 Å². The highest BCUT2D eigenvalue weighted by molar-refractivity contribution is 7.25. The molecule has 54 heavy (non-hydrogen) atoms. The van der Waals surface area contributed by atoms with Crippen molar-refractivity contribution in [2.75, 3.05) is 4.90 Å². The molecule has 2 heteroatoms. The first-order valence-electron chi connectivity index (χ1n) is 18.4. The number of fused-ring (bicyclic) bond motifs is 4. The molecule has 0 radical (unpaired) electrons. The highest BCUT2D eigenvalue weighted by Gasteiger charge is 2.19. The first kappa shape index (κ1) is 32.0. The van der Waals surface area contributed by atoms with Crippen LogP contribution in [-0.2, 0) is 0 Å². The summed E-state index contributed by atoms with van der Waals surface area (Å²) in [5.41, 5.74) is 13.0. The SMILES string of the molecule is c1ccc(-c2ccc(N(c3ccc(-c4ccccc4-c4ccc5ccccc5c4)cc3)c3ccccc3-c3ccc4sc5ccccc5c4c3)cc2)cc1. The van der Waals surface area contributed by atoms with Crippen LogP contribution >= 0.6 is 11.3 Å². The van der Waals surface area contributed by atoms with Crippen LogP contribution in [0.5, 0.6) is 0 Å². The van der Waals surface area contributed by atoms with Crippen molar-refractivity contribution in [1.29, 1.82) is 0 Å². The fourth-order valence-electron chi connectivity index (χ4n) is 7.80. The Kier molecular flexibility index (Phi) is 8.09. The molecule has 0 N–H and O–H groups in total. The second kappa shape index (κ2) is 13.7. The second-order valence-corrected chi connectivity index (χ2v) is 14.8. The van der Waals surface area contributed by atoms with Gasteiger partial charge in [-0.15, -0.1) is 11.3 Å². The third-order valence-electron chi connectivity index (χ3n) is 10.5. The lowest BCUT2D eigenvalue weighted by Gasteiger charge is -2.28. The first-order chi connectivity index (χ1) is 26.8. The van der Waals surface area contributed by atoms with Crippen LogP contribution in [0.1, 0.15) is 0 Å². The summed E-state index contributed by atoms with van der Waals surface area (Å²) < 4.78 is 2.63. The molecular weight excluding hydrogens is 671 g/mol. The van der Waals surface area contributed by atoms with Gasteiger partial charge in [0.1, 0.15) is 0 Å². The van der Waals surface area contributed by atoms with E-state index in [2.05, 4.69) is 217 Å². The maximum Gasteiger partial charge on any atom is 0.0540 e. The molecule has 0 amide bonds. The van der Waals surface area contributed by atoms with Gasteiger partial charge in [-0.05, 0) is 104 Å². The summed E-state index contributed by atoms with van der Waals surface area (Å²) in [6.45, 7) is 0. The minimum atomic E-state index is 1.10. The Hall–Kier alpha value is -6.74. The van der Waals surface area contributed by atoms with E-state index in [9.17, 15) is 0 Å². The standard InChI is InChI=1S/C52H35NS/c1-2-12-36(13-3-1)38-24-29-43(30-25-38)53(50-20-10-8-18-47(50)42-28-33-52-49(35-42)48-19-9-11-21-51(48)54-52)44-31-26-39(27-32-44)45-16-6-7-17-46(45)41-23-22-37-14-4-5-15-40(37)34-41/h1-35H. The molecule has 10 rings (SSSR count). The van der Waals surface area contributed by atoms with Gasteiger partial charge in [0.05, 0.1) is 5.69 Å². The summed E-state index contributed by atoms with van der Waals surface area (Å²) in [6, 6.07) is 77.2.